The van der Waals surface area contributed by atoms with Crippen LogP contribution in [0.1, 0.15) is 25.0 Å². The van der Waals surface area contributed by atoms with Crippen molar-refractivity contribution in [1.82, 2.24) is 0 Å². The van der Waals surface area contributed by atoms with Crippen LogP contribution in [0.5, 0.6) is 0 Å². The van der Waals surface area contributed by atoms with Gasteiger partial charge in [-0.1, -0.05) is 44.2 Å². The second kappa shape index (κ2) is 5.79. The first-order valence-corrected chi connectivity index (χ1v) is 7.64. The lowest BCUT2D eigenvalue weighted by Crippen LogP contribution is -2.35. The maximum Gasteiger partial charge on any atom is 0.269 e. The minimum absolute atomic E-state index is 0.183. The first kappa shape index (κ1) is 14.6. The van der Waals surface area contributed by atoms with Gasteiger partial charge >= 0.3 is 0 Å². The molecule has 0 aliphatic carbocycles. The van der Waals surface area contributed by atoms with Gasteiger partial charge in [0.05, 0.1) is 4.92 Å². The summed E-state index contributed by atoms with van der Waals surface area (Å²) in [4.78, 5) is 13.1. The van der Waals surface area contributed by atoms with Crippen LogP contribution in [0.4, 0.5) is 11.4 Å². The Morgan fingerprint density at radius 3 is 2.59 bits per heavy atom. The van der Waals surface area contributed by atoms with Gasteiger partial charge < -0.3 is 4.90 Å². The van der Waals surface area contributed by atoms with Crippen LogP contribution < -0.4 is 4.90 Å². The summed E-state index contributed by atoms with van der Waals surface area (Å²) in [6, 6.07) is 16.0. The van der Waals surface area contributed by atoms with Crippen molar-refractivity contribution in [3.63, 3.8) is 0 Å². The standard InChI is InChI=1S/C18H20N2O2/c1-13(2)18-11-15-10-16(20(21)22)8-9-17(15)19(18)12-14-6-4-3-5-7-14/h3-10,13,18H,11-12H2,1-2H3/t18-/m0/s1. The van der Waals surface area contributed by atoms with Gasteiger partial charge in [-0.2, -0.15) is 0 Å². The van der Waals surface area contributed by atoms with Crippen LogP contribution in [0, 0.1) is 16.0 Å². The molecule has 0 radical (unpaired) electrons. The van der Waals surface area contributed by atoms with Gasteiger partial charge in [0.1, 0.15) is 0 Å². The second-order valence-electron chi connectivity index (χ2n) is 6.20. The first-order chi connectivity index (χ1) is 10.6. The van der Waals surface area contributed by atoms with Gasteiger partial charge in [-0.15, -0.1) is 0 Å². The van der Waals surface area contributed by atoms with E-state index in [4.69, 9.17) is 0 Å². The van der Waals surface area contributed by atoms with Gasteiger partial charge in [-0.3, -0.25) is 10.1 Å². The molecule has 1 aliphatic rings. The zero-order chi connectivity index (χ0) is 15.7. The SMILES string of the molecule is CC(C)[C@@H]1Cc2cc([N+](=O)[O-])ccc2N1Cc1ccccc1. The third kappa shape index (κ3) is 2.69. The molecule has 1 atom stereocenters. The fourth-order valence-corrected chi connectivity index (χ4v) is 3.22. The van der Waals surface area contributed by atoms with Crippen LogP contribution in [0.25, 0.3) is 0 Å². The molecule has 114 valence electrons. The van der Waals surface area contributed by atoms with Gasteiger partial charge in [0.25, 0.3) is 5.69 Å². The zero-order valence-electron chi connectivity index (χ0n) is 12.9. The van der Waals surface area contributed by atoms with Crippen LogP contribution in [-0.2, 0) is 13.0 Å². The molecule has 1 aliphatic heterocycles. The monoisotopic (exact) mass is 296 g/mol. The number of nitro groups is 1. The predicted molar refractivity (Wildman–Crippen MR) is 88.1 cm³/mol. The molecule has 0 spiro atoms. The smallest absolute Gasteiger partial charge is 0.269 e. The van der Waals surface area contributed by atoms with E-state index in [9.17, 15) is 10.1 Å². The number of benzene rings is 2. The maximum absolute atomic E-state index is 11.0. The molecule has 22 heavy (non-hydrogen) atoms. The number of rotatable bonds is 4. The molecule has 4 nitrogen and oxygen atoms in total. The van der Waals surface area contributed by atoms with Crippen LogP contribution >= 0.6 is 0 Å². The number of non-ortho nitro benzene ring substituents is 1. The summed E-state index contributed by atoms with van der Waals surface area (Å²) < 4.78 is 0. The average Bonchev–Trinajstić information content (AvgIpc) is 2.86. The van der Waals surface area contributed by atoms with Gasteiger partial charge in [-0.25, -0.2) is 0 Å². The van der Waals surface area contributed by atoms with E-state index < -0.39 is 0 Å². The normalized spacial score (nSPS) is 16.9. The molecule has 1 heterocycles. The van der Waals surface area contributed by atoms with Crippen molar-refractivity contribution in [2.24, 2.45) is 5.92 Å². The lowest BCUT2D eigenvalue weighted by atomic mass is 9.99. The van der Waals surface area contributed by atoms with Gasteiger partial charge in [0.2, 0.25) is 0 Å². The predicted octanol–water partition coefficient (Wildman–Crippen LogP) is 4.18. The Labute approximate surface area is 130 Å². The van der Waals surface area contributed by atoms with Gasteiger partial charge in [0, 0.05) is 30.4 Å². The first-order valence-electron chi connectivity index (χ1n) is 7.64. The van der Waals surface area contributed by atoms with E-state index in [-0.39, 0.29) is 10.6 Å². The summed E-state index contributed by atoms with van der Waals surface area (Å²) in [7, 11) is 0. The van der Waals surface area contributed by atoms with E-state index in [0.29, 0.717) is 12.0 Å². The average molecular weight is 296 g/mol. The summed E-state index contributed by atoms with van der Waals surface area (Å²) in [5.74, 6) is 0.496. The Morgan fingerprint density at radius 1 is 1.23 bits per heavy atom. The molecular formula is C18H20N2O2. The minimum Gasteiger partial charge on any atom is -0.363 e. The Hall–Kier alpha value is -2.36. The van der Waals surface area contributed by atoms with Crippen LogP contribution in [0.15, 0.2) is 48.5 Å². The number of anilines is 1. The third-order valence-corrected chi connectivity index (χ3v) is 4.38. The fourth-order valence-electron chi connectivity index (χ4n) is 3.22. The molecule has 0 N–H and O–H groups in total. The molecule has 0 fully saturated rings. The van der Waals surface area contributed by atoms with Crippen molar-refractivity contribution in [2.45, 2.75) is 32.9 Å². The molecule has 0 amide bonds. The molecule has 0 aromatic heterocycles. The van der Waals surface area contributed by atoms with E-state index in [2.05, 4.69) is 30.9 Å². The highest BCUT2D eigenvalue weighted by atomic mass is 16.6. The molecular weight excluding hydrogens is 276 g/mol. The Kier molecular flexibility index (Phi) is 3.84. The molecule has 0 bridgehead atoms. The van der Waals surface area contributed by atoms with Crippen LogP contribution in [-0.4, -0.2) is 11.0 Å². The fraction of sp³-hybridized carbons (Fsp3) is 0.333. The van der Waals surface area contributed by atoms with E-state index in [1.165, 1.54) is 5.56 Å². The van der Waals surface area contributed by atoms with Crippen molar-refractivity contribution in [3.05, 3.63) is 69.8 Å². The van der Waals surface area contributed by atoms with E-state index in [0.717, 1.165) is 24.2 Å². The van der Waals surface area contributed by atoms with Crippen molar-refractivity contribution in [1.29, 1.82) is 0 Å². The Morgan fingerprint density at radius 2 is 1.95 bits per heavy atom. The number of nitrogens with zero attached hydrogens (tertiary/aromatic N) is 2. The van der Waals surface area contributed by atoms with Crippen molar-refractivity contribution in [2.75, 3.05) is 4.90 Å². The number of fused-ring (bicyclic) bond motifs is 1. The molecule has 2 aromatic rings. The van der Waals surface area contributed by atoms with E-state index in [1.807, 2.05) is 24.3 Å². The third-order valence-electron chi connectivity index (χ3n) is 4.38. The van der Waals surface area contributed by atoms with Crippen molar-refractivity contribution in [3.8, 4) is 0 Å². The highest BCUT2D eigenvalue weighted by Gasteiger charge is 2.32. The van der Waals surface area contributed by atoms with Crippen molar-refractivity contribution >= 4 is 11.4 Å². The lowest BCUT2D eigenvalue weighted by molar-refractivity contribution is -0.384. The largest absolute Gasteiger partial charge is 0.363 e. The van der Waals surface area contributed by atoms with E-state index in [1.54, 1.807) is 12.1 Å². The number of hydrogen-bond donors (Lipinski definition) is 0. The zero-order valence-corrected chi connectivity index (χ0v) is 12.9. The van der Waals surface area contributed by atoms with E-state index >= 15 is 0 Å². The lowest BCUT2D eigenvalue weighted by Gasteiger charge is -2.30. The van der Waals surface area contributed by atoms with Gasteiger partial charge in [0.15, 0.2) is 0 Å². The number of nitro benzene ring substituents is 1. The van der Waals surface area contributed by atoms with Crippen LogP contribution in [0.2, 0.25) is 0 Å². The molecule has 0 unspecified atom stereocenters. The molecule has 3 rings (SSSR count). The highest BCUT2D eigenvalue weighted by molar-refractivity contribution is 5.63. The number of hydrogen-bond acceptors (Lipinski definition) is 3. The second-order valence-corrected chi connectivity index (χ2v) is 6.20. The molecule has 4 heteroatoms. The molecule has 0 saturated heterocycles. The quantitative estimate of drug-likeness (QED) is 0.628. The molecule has 0 saturated carbocycles. The summed E-state index contributed by atoms with van der Waals surface area (Å²) in [5.41, 5.74) is 3.67. The van der Waals surface area contributed by atoms with Crippen LogP contribution in [0.3, 0.4) is 0 Å². The Balaban J connectivity index is 1.95. The highest BCUT2D eigenvalue weighted by Crippen LogP contribution is 2.38. The minimum atomic E-state index is -0.315. The molecule has 2 aromatic carbocycles. The van der Waals surface area contributed by atoms with Gasteiger partial charge in [-0.05, 0) is 29.5 Å². The summed E-state index contributed by atoms with van der Waals surface area (Å²) in [6.45, 7) is 5.26. The topological polar surface area (TPSA) is 46.4 Å². The van der Waals surface area contributed by atoms with Crippen molar-refractivity contribution < 1.29 is 4.92 Å². The summed E-state index contributed by atoms with van der Waals surface area (Å²) in [5, 5.41) is 11.0. The summed E-state index contributed by atoms with van der Waals surface area (Å²) in [6.07, 6.45) is 0.877. The summed E-state index contributed by atoms with van der Waals surface area (Å²) >= 11 is 0. The maximum atomic E-state index is 11.0. The Bertz CT molecular complexity index is 683.